The Morgan fingerprint density at radius 1 is 1.28 bits per heavy atom. The number of carbonyl (C=O) groups is 1. The van der Waals surface area contributed by atoms with E-state index in [2.05, 4.69) is 0 Å². The molecular formula is C14H14O4. The van der Waals surface area contributed by atoms with Crippen molar-refractivity contribution in [3.05, 3.63) is 59.5 Å². The molecule has 1 atom stereocenters. The van der Waals surface area contributed by atoms with E-state index in [9.17, 15) is 4.79 Å². The average Bonchev–Trinajstić information content (AvgIpc) is 2.86. The number of rotatable bonds is 5. The number of carboxylic acids is 1. The molecule has 4 heteroatoms. The first-order chi connectivity index (χ1) is 8.66. The molecule has 0 aliphatic heterocycles. The fourth-order valence-corrected chi connectivity index (χ4v) is 1.60. The molecule has 0 amide bonds. The van der Waals surface area contributed by atoms with Crippen molar-refractivity contribution in [3.63, 3.8) is 0 Å². The zero-order chi connectivity index (χ0) is 13.0. The molecule has 2 aromatic rings. The zero-order valence-corrected chi connectivity index (χ0v) is 10.00. The predicted molar refractivity (Wildman–Crippen MR) is 65.3 cm³/mol. The van der Waals surface area contributed by atoms with Crippen molar-refractivity contribution in [1.82, 2.24) is 0 Å². The van der Waals surface area contributed by atoms with Crippen LogP contribution >= 0.6 is 0 Å². The van der Waals surface area contributed by atoms with E-state index < -0.39 is 5.97 Å². The molecule has 18 heavy (non-hydrogen) atoms. The second kappa shape index (κ2) is 5.51. The van der Waals surface area contributed by atoms with Crippen LogP contribution in [0.2, 0.25) is 0 Å². The van der Waals surface area contributed by atoms with E-state index in [1.165, 1.54) is 6.07 Å². The lowest BCUT2D eigenvalue weighted by Crippen LogP contribution is -1.99. The first kappa shape index (κ1) is 12.4. The molecule has 0 bridgehead atoms. The van der Waals surface area contributed by atoms with Gasteiger partial charge in [0.05, 0.1) is 6.10 Å². The van der Waals surface area contributed by atoms with Crippen LogP contribution in [0.5, 0.6) is 0 Å². The molecule has 0 fully saturated rings. The molecule has 0 aliphatic carbocycles. The van der Waals surface area contributed by atoms with E-state index in [1.54, 1.807) is 6.07 Å². The minimum Gasteiger partial charge on any atom is -0.475 e. The van der Waals surface area contributed by atoms with E-state index in [-0.39, 0.29) is 18.5 Å². The lowest BCUT2D eigenvalue weighted by molar-refractivity contribution is 0.0402. The Morgan fingerprint density at radius 3 is 2.61 bits per heavy atom. The van der Waals surface area contributed by atoms with Crippen LogP contribution in [0, 0.1) is 0 Å². The van der Waals surface area contributed by atoms with Crippen LogP contribution < -0.4 is 0 Å². The van der Waals surface area contributed by atoms with Gasteiger partial charge in [-0.25, -0.2) is 4.79 Å². The number of hydrogen-bond donors (Lipinski definition) is 1. The first-order valence-electron chi connectivity index (χ1n) is 5.65. The van der Waals surface area contributed by atoms with Crippen LogP contribution in [-0.2, 0) is 11.3 Å². The van der Waals surface area contributed by atoms with Gasteiger partial charge in [-0.3, -0.25) is 0 Å². The molecule has 1 aromatic carbocycles. The Morgan fingerprint density at radius 2 is 2.00 bits per heavy atom. The summed E-state index contributed by atoms with van der Waals surface area (Å²) in [5.74, 6) is -0.631. The second-order valence-corrected chi connectivity index (χ2v) is 3.94. The molecule has 1 N–H and O–H groups in total. The highest BCUT2D eigenvalue weighted by Crippen LogP contribution is 2.18. The van der Waals surface area contributed by atoms with Crippen LogP contribution in [0.3, 0.4) is 0 Å². The highest BCUT2D eigenvalue weighted by Gasteiger charge is 2.10. The molecular weight excluding hydrogens is 232 g/mol. The van der Waals surface area contributed by atoms with Crippen LogP contribution in [-0.4, -0.2) is 11.1 Å². The summed E-state index contributed by atoms with van der Waals surface area (Å²) >= 11 is 0. The van der Waals surface area contributed by atoms with Gasteiger partial charge in [-0.1, -0.05) is 30.3 Å². The van der Waals surface area contributed by atoms with Crippen molar-refractivity contribution in [1.29, 1.82) is 0 Å². The summed E-state index contributed by atoms with van der Waals surface area (Å²) in [6.07, 6.45) is -0.0652. The predicted octanol–water partition coefficient (Wildman–Crippen LogP) is 3.26. The molecule has 0 aliphatic rings. The smallest absolute Gasteiger partial charge is 0.371 e. The topological polar surface area (TPSA) is 59.7 Å². The Hall–Kier alpha value is -2.07. The van der Waals surface area contributed by atoms with Gasteiger partial charge in [0.1, 0.15) is 12.4 Å². The number of benzene rings is 1. The van der Waals surface area contributed by atoms with Gasteiger partial charge < -0.3 is 14.3 Å². The number of hydrogen-bond acceptors (Lipinski definition) is 3. The summed E-state index contributed by atoms with van der Waals surface area (Å²) in [6, 6.07) is 12.8. The molecule has 1 unspecified atom stereocenters. The van der Waals surface area contributed by atoms with E-state index in [0.29, 0.717) is 5.76 Å². The summed E-state index contributed by atoms with van der Waals surface area (Å²) < 4.78 is 10.7. The van der Waals surface area contributed by atoms with Crippen molar-refractivity contribution in [2.45, 2.75) is 19.6 Å². The fourth-order valence-electron chi connectivity index (χ4n) is 1.60. The molecule has 0 saturated heterocycles. The Bertz CT molecular complexity index is 516. The summed E-state index contributed by atoms with van der Waals surface area (Å²) in [7, 11) is 0. The lowest BCUT2D eigenvalue weighted by atomic mass is 10.1. The maximum Gasteiger partial charge on any atom is 0.371 e. The third-order valence-corrected chi connectivity index (χ3v) is 2.62. The summed E-state index contributed by atoms with van der Waals surface area (Å²) in [5.41, 5.74) is 1.07. The molecule has 1 heterocycles. The van der Waals surface area contributed by atoms with Crippen molar-refractivity contribution >= 4 is 5.97 Å². The summed E-state index contributed by atoms with van der Waals surface area (Å²) in [5, 5.41) is 8.72. The first-order valence-corrected chi connectivity index (χ1v) is 5.65. The minimum atomic E-state index is -1.07. The van der Waals surface area contributed by atoms with E-state index in [4.69, 9.17) is 14.3 Å². The molecule has 0 saturated carbocycles. The van der Waals surface area contributed by atoms with Gasteiger partial charge in [-0.2, -0.15) is 0 Å². The third kappa shape index (κ3) is 2.99. The van der Waals surface area contributed by atoms with Gasteiger partial charge in [-0.15, -0.1) is 0 Å². The second-order valence-electron chi connectivity index (χ2n) is 3.94. The Balaban J connectivity index is 1.93. The zero-order valence-electron chi connectivity index (χ0n) is 10.00. The lowest BCUT2D eigenvalue weighted by Gasteiger charge is -2.12. The molecule has 4 nitrogen and oxygen atoms in total. The molecule has 94 valence electrons. The molecule has 2 rings (SSSR count). The van der Waals surface area contributed by atoms with Crippen molar-refractivity contribution in [3.8, 4) is 0 Å². The van der Waals surface area contributed by atoms with Crippen LogP contribution in [0.1, 0.15) is 34.9 Å². The van der Waals surface area contributed by atoms with Crippen LogP contribution in [0.4, 0.5) is 0 Å². The van der Waals surface area contributed by atoms with Crippen LogP contribution in [0.25, 0.3) is 0 Å². The van der Waals surface area contributed by atoms with Gasteiger partial charge in [-0.05, 0) is 24.6 Å². The van der Waals surface area contributed by atoms with Crippen molar-refractivity contribution in [2.24, 2.45) is 0 Å². The van der Waals surface area contributed by atoms with Crippen LogP contribution in [0.15, 0.2) is 46.9 Å². The standard InChI is InChI=1S/C14H14O4/c1-10(11-5-3-2-4-6-11)17-9-12-7-8-13(18-12)14(15)16/h2-8,10H,9H2,1H3,(H,15,16). The SMILES string of the molecule is CC(OCc1ccc(C(=O)O)o1)c1ccccc1. The Kier molecular flexibility index (Phi) is 3.79. The maximum absolute atomic E-state index is 10.6. The average molecular weight is 246 g/mol. The van der Waals surface area contributed by atoms with Gasteiger partial charge in [0.25, 0.3) is 0 Å². The number of aromatic carboxylic acids is 1. The Labute approximate surface area is 105 Å². The highest BCUT2D eigenvalue weighted by molar-refractivity contribution is 5.84. The minimum absolute atomic E-state index is 0.0652. The van der Waals surface area contributed by atoms with E-state index in [0.717, 1.165) is 5.56 Å². The quantitative estimate of drug-likeness (QED) is 0.879. The number of ether oxygens (including phenoxy) is 1. The molecule has 1 aromatic heterocycles. The van der Waals surface area contributed by atoms with Gasteiger partial charge in [0.2, 0.25) is 5.76 Å². The summed E-state index contributed by atoms with van der Waals surface area (Å²) in [4.78, 5) is 10.6. The summed E-state index contributed by atoms with van der Waals surface area (Å²) in [6.45, 7) is 2.19. The van der Waals surface area contributed by atoms with Crippen molar-refractivity contribution < 1.29 is 19.1 Å². The third-order valence-electron chi connectivity index (χ3n) is 2.62. The number of furan rings is 1. The normalized spacial score (nSPS) is 12.3. The van der Waals surface area contributed by atoms with E-state index >= 15 is 0 Å². The maximum atomic E-state index is 10.6. The van der Waals surface area contributed by atoms with Crippen molar-refractivity contribution in [2.75, 3.05) is 0 Å². The monoisotopic (exact) mass is 246 g/mol. The van der Waals surface area contributed by atoms with Gasteiger partial charge >= 0.3 is 5.97 Å². The number of carboxylic acid groups (broad SMARTS) is 1. The largest absolute Gasteiger partial charge is 0.475 e. The van der Waals surface area contributed by atoms with E-state index in [1.807, 2.05) is 37.3 Å². The van der Waals surface area contributed by atoms with Gasteiger partial charge in [0, 0.05) is 0 Å². The van der Waals surface area contributed by atoms with Gasteiger partial charge in [0.15, 0.2) is 0 Å². The fraction of sp³-hybridized carbons (Fsp3) is 0.214. The highest BCUT2D eigenvalue weighted by atomic mass is 16.5. The molecule has 0 spiro atoms. The molecule has 0 radical (unpaired) electrons.